The van der Waals surface area contributed by atoms with Crippen molar-refractivity contribution in [1.82, 2.24) is 15.2 Å². The average molecular weight is 268 g/mol. The lowest BCUT2D eigenvalue weighted by atomic mass is 9.88. The maximum Gasteiger partial charge on any atom is 0.161 e. The minimum atomic E-state index is 0.0547. The zero-order chi connectivity index (χ0) is 14.6. The van der Waals surface area contributed by atoms with Crippen LogP contribution in [0.1, 0.15) is 65.2 Å². The van der Waals surface area contributed by atoms with Crippen molar-refractivity contribution in [1.29, 1.82) is 0 Å². The average Bonchev–Trinajstić information content (AvgIpc) is 2.72. The quantitative estimate of drug-likeness (QED) is 0.615. The minimum Gasteiger partial charge on any atom is -0.493 e. The first-order chi connectivity index (χ1) is 8.80. The molecular formula is C14H28N4O. The first-order valence-electron chi connectivity index (χ1n) is 6.87. The van der Waals surface area contributed by atoms with Crippen LogP contribution in [0.4, 0.5) is 0 Å². The summed E-state index contributed by atoms with van der Waals surface area (Å²) in [6.07, 6.45) is 3.79. The Kier molecular flexibility index (Phi) is 5.38. The second-order valence-corrected chi connectivity index (χ2v) is 6.46. The van der Waals surface area contributed by atoms with Gasteiger partial charge < -0.3 is 4.74 Å². The Balaban J connectivity index is 2.99. The van der Waals surface area contributed by atoms with E-state index in [4.69, 9.17) is 10.6 Å². The Hall–Kier alpha value is -1.07. The van der Waals surface area contributed by atoms with Crippen LogP contribution < -0.4 is 16.0 Å². The Bertz CT molecular complexity index is 393. The summed E-state index contributed by atoms with van der Waals surface area (Å²) in [7, 11) is 1.67. The second kappa shape index (κ2) is 6.39. The summed E-state index contributed by atoms with van der Waals surface area (Å²) in [4.78, 5) is 0. The van der Waals surface area contributed by atoms with Crippen LogP contribution in [0.5, 0.6) is 5.75 Å². The Morgan fingerprint density at radius 1 is 1.42 bits per heavy atom. The first-order valence-corrected chi connectivity index (χ1v) is 6.87. The first kappa shape index (κ1) is 16.0. The fourth-order valence-electron chi connectivity index (χ4n) is 2.13. The molecule has 0 amide bonds. The summed E-state index contributed by atoms with van der Waals surface area (Å²) in [6.45, 7) is 10.9. The SMILES string of the molecule is COc1cnn(C(C)C)c1C(CCC(C)(C)C)NN. The van der Waals surface area contributed by atoms with Gasteiger partial charge in [-0.1, -0.05) is 20.8 Å². The van der Waals surface area contributed by atoms with Crippen molar-refractivity contribution < 1.29 is 4.74 Å². The molecule has 1 aromatic rings. The van der Waals surface area contributed by atoms with Crippen LogP contribution in [0.15, 0.2) is 6.20 Å². The standard InChI is InChI=1S/C14H28N4O/c1-10(2)18-13(12(19-6)9-16-18)11(17-15)7-8-14(3,4)5/h9-11,17H,7-8,15H2,1-6H3. The second-order valence-electron chi connectivity index (χ2n) is 6.46. The van der Waals surface area contributed by atoms with Crippen LogP contribution in [0.2, 0.25) is 0 Å². The number of hydrazine groups is 1. The number of rotatable bonds is 6. The molecule has 0 bridgehead atoms. The van der Waals surface area contributed by atoms with Crippen molar-refractivity contribution in [3.05, 3.63) is 11.9 Å². The van der Waals surface area contributed by atoms with Crippen molar-refractivity contribution in [2.75, 3.05) is 7.11 Å². The van der Waals surface area contributed by atoms with Gasteiger partial charge in [0, 0.05) is 6.04 Å². The van der Waals surface area contributed by atoms with Gasteiger partial charge in [-0.2, -0.15) is 5.10 Å². The van der Waals surface area contributed by atoms with Gasteiger partial charge in [-0.05, 0) is 32.1 Å². The summed E-state index contributed by atoms with van der Waals surface area (Å²) >= 11 is 0. The summed E-state index contributed by atoms with van der Waals surface area (Å²) in [5.41, 5.74) is 4.22. The molecule has 0 aliphatic heterocycles. The van der Waals surface area contributed by atoms with E-state index in [-0.39, 0.29) is 17.5 Å². The fourth-order valence-corrected chi connectivity index (χ4v) is 2.13. The van der Waals surface area contributed by atoms with E-state index in [1.54, 1.807) is 13.3 Å². The summed E-state index contributed by atoms with van der Waals surface area (Å²) < 4.78 is 7.39. The molecule has 0 spiro atoms. The van der Waals surface area contributed by atoms with E-state index >= 15 is 0 Å². The molecule has 5 heteroatoms. The van der Waals surface area contributed by atoms with Crippen molar-refractivity contribution in [3.63, 3.8) is 0 Å². The molecule has 1 aromatic heterocycles. The molecule has 0 saturated heterocycles. The number of ether oxygens (including phenoxy) is 1. The number of methoxy groups -OCH3 is 1. The lowest BCUT2D eigenvalue weighted by molar-refractivity contribution is 0.316. The zero-order valence-corrected chi connectivity index (χ0v) is 13.0. The van der Waals surface area contributed by atoms with Gasteiger partial charge in [0.15, 0.2) is 5.75 Å². The molecular weight excluding hydrogens is 240 g/mol. The monoisotopic (exact) mass is 268 g/mol. The van der Waals surface area contributed by atoms with Crippen LogP contribution in [0, 0.1) is 5.41 Å². The van der Waals surface area contributed by atoms with Crippen molar-refractivity contribution in [2.24, 2.45) is 11.3 Å². The lowest BCUT2D eigenvalue weighted by Gasteiger charge is -2.24. The van der Waals surface area contributed by atoms with Crippen molar-refractivity contribution in [3.8, 4) is 5.75 Å². The van der Waals surface area contributed by atoms with E-state index in [0.717, 1.165) is 24.3 Å². The Morgan fingerprint density at radius 2 is 2.05 bits per heavy atom. The predicted octanol–water partition coefficient (Wildman–Crippen LogP) is 2.80. The third-order valence-electron chi connectivity index (χ3n) is 3.22. The van der Waals surface area contributed by atoms with E-state index in [0.29, 0.717) is 0 Å². The van der Waals surface area contributed by atoms with Gasteiger partial charge in [-0.25, -0.2) is 0 Å². The van der Waals surface area contributed by atoms with Crippen LogP contribution >= 0.6 is 0 Å². The van der Waals surface area contributed by atoms with Crippen molar-refractivity contribution >= 4 is 0 Å². The van der Waals surface area contributed by atoms with Crippen LogP contribution in [0.3, 0.4) is 0 Å². The minimum absolute atomic E-state index is 0.0547. The third kappa shape index (κ3) is 4.21. The summed E-state index contributed by atoms with van der Waals surface area (Å²) in [6, 6.07) is 0.337. The molecule has 0 aromatic carbocycles. The van der Waals surface area contributed by atoms with E-state index in [9.17, 15) is 0 Å². The number of hydrogen-bond donors (Lipinski definition) is 2. The largest absolute Gasteiger partial charge is 0.493 e. The third-order valence-corrected chi connectivity index (χ3v) is 3.22. The van der Waals surface area contributed by atoms with E-state index in [1.807, 2.05) is 4.68 Å². The molecule has 0 aliphatic carbocycles. The summed E-state index contributed by atoms with van der Waals surface area (Å²) in [5.74, 6) is 6.54. The number of nitrogens with one attached hydrogen (secondary N) is 1. The molecule has 5 nitrogen and oxygen atoms in total. The molecule has 1 unspecified atom stereocenters. The number of nitrogens with zero attached hydrogens (tertiary/aromatic N) is 2. The fraction of sp³-hybridized carbons (Fsp3) is 0.786. The molecule has 1 rings (SSSR count). The Morgan fingerprint density at radius 3 is 2.47 bits per heavy atom. The van der Waals surface area contributed by atoms with E-state index in [1.165, 1.54) is 0 Å². The highest BCUT2D eigenvalue weighted by Crippen LogP contribution is 2.32. The smallest absolute Gasteiger partial charge is 0.161 e. The molecule has 0 saturated carbocycles. The molecule has 1 atom stereocenters. The van der Waals surface area contributed by atoms with Gasteiger partial charge in [0.2, 0.25) is 0 Å². The number of hydrogen-bond acceptors (Lipinski definition) is 4. The predicted molar refractivity (Wildman–Crippen MR) is 77.9 cm³/mol. The lowest BCUT2D eigenvalue weighted by Crippen LogP contribution is -2.31. The molecule has 110 valence electrons. The van der Waals surface area contributed by atoms with Crippen LogP contribution in [0.25, 0.3) is 0 Å². The highest BCUT2D eigenvalue weighted by atomic mass is 16.5. The maximum absolute atomic E-state index is 5.74. The summed E-state index contributed by atoms with van der Waals surface area (Å²) in [5, 5.41) is 4.40. The van der Waals surface area contributed by atoms with Crippen molar-refractivity contribution in [2.45, 2.75) is 59.5 Å². The van der Waals surface area contributed by atoms with Gasteiger partial charge in [0.25, 0.3) is 0 Å². The van der Waals surface area contributed by atoms with Gasteiger partial charge in [0.1, 0.15) is 0 Å². The highest BCUT2D eigenvalue weighted by molar-refractivity contribution is 5.28. The normalized spacial score (nSPS) is 13.9. The number of aromatic nitrogens is 2. The van der Waals surface area contributed by atoms with Gasteiger partial charge in [0.05, 0.1) is 25.0 Å². The van der Waals surface area contributed by atoms with Crippen LogP contribution in [-0.2, 0) is 0 Å². The highest BCUT2D eigenvalue weighted by Gasteiger charge is 2.24. The number of nitrogens with two attached hydrogens (primary N) is 1. The van der Waals surface area contributed by atoms with Gasteiger partial charge in [-0.15, -0.1) is 0 Å². The molecule has 0 fully saturated rings. The van der Waals surface area contributed by atoms with E-state index < -0.39 is 0 Å². The molecule has 0 aliphatic rings. The topological polar surface area (TPSA) is 65.1 Å². The van der Waals surface area contributed by atoms with Gasteiger partial charge in [-0.3, -0.25) is 16.0 Å². The van der Waals surface area contributed by atoms with Gasteiger partial charge >= 0.3 is 0 Å². The zero-order valence-electron chi connectivity index (χ0n) is 13.0. The molecule has 1 heterocycles. The molecule has 3 N–H and O–H groups in total. The van der Waals surface area contributed by atoms with E-state index in [2.05, 4.69) is 45.1 Å². The molecule has 19 heavy (non-hydrogen) atoms. The Labute approximate surface area is 116 Å². The van der Waals surface area contributed by atoms with Crippen LogP contribution in [-0.4, -0.2) is 16.9 Å². The maximum atomic E-state index is 5.74. The molecule has 0 radical (unpaired) electrons.